The fourth-order valence-corrected chi connectivity index (χ4v) is 1.53. The molecule has 6 heteroatoms. The Morgan fingerprint density at radius 2 is 1.89 bits per heavy atom. The molecular formula is C13H15N3O3. The zero-order valence-electron chi connectivity index (χ0n) is 11.0. The largest absolute Gasteiger partial charge is 0.480 e. The van der Waals surface area contributed by atoms with Gasteiger partial charge in [-0.2, -0.15) is 5.26 Å². The van der Waals surface area contributed by atoms with Crippen LogP contribution in [0.4, 0.5) is 10.5 Å². The van der Waals surface area contributed by atoms with Gasteiger partial charge < -0.3 is 10.0 Å². The lowest BCUT2D eigenvalue weighted by Gasteiger charge is -2.28. The predicted octanol–water partition coefficient (Wildman–Crippen LogP) is 1.52. The van der Waals surface area contributed by atoms with Gasteiger partial charge in [0.15, 0.2) is 0 Å². The smallest absolute Gasteiger partial charge is 0.326 e. The summed E-state index contributed by atoms with van der Waals surface area (Å²) in [6, 6.07) is 7.20. The number of anilines is 1. The lowest BCUT2D eigenvalue weighted by molar-refractivity contribution is -0.141. The monoisotopic (exact) mass is 261 g/mol. The van der Waals surface area contributed by atoms with E-state index in [4.69, 9.17) is 10.4 Å². The molecule has 0 bridgehead atoms. The minimum Gasteiger partial charge on any atom is -0.480 e. The zero-order chi connectivity index (χ0) is 14.6. The van der Waals surface area contributed by atoms with Crippen LogP contribution in [0.2, 0.25) is 0 Å². The summed E-state index contributed by atoms with van der Waals surface area (Å²) in [4.78, 5) is 25.4. The van der Waals surface area contributed by atoms with Gasteiger partial charge in [-0.05, 0) is 19.1 Å². The number of nitriles is 1. The SMILES string of the molecule is CC(C(=O)O)N(C)C(=O)N(C)c1ccccc1C#N. The van der Waals surface area contributed by atoms with Crippen LogP contribution in [0.1, 0.15) is 12.5 Å². The van der Waals surface area contributed by atoms with Gasteiger partial charge in [0, 0.05) is 14.1 Å². The summed E-state index contributed by atoms with van der Waals surface area (Å²) >= 11 is 0. The third kappa shape index (κ3) is 3.01. The third-order valence-corrected chi connectivity index (χ3v) is 2.91. The number of hydrogen-bond donors (Lipinski definition) is 1. The van der Waals surface area contributed by atoms with Crippen molar-refractivity contribution in [3.63, 3.8) is 0 Å². The second-order valence-electron chi connectivity index (χ2n) is 4.10. The molecule has 0 aliphatic carbocycles. The van der Waals surface area contributed by atoms with Crippen LogP contribution in [0.5, 0.6) is 0 Å². The van der Waals surface area contributed by atoms with Gasteiger partial charge >= 0.3 is 12.0 Å². The number of carbonyl (C=O) groups is 2. The lowest BCUT2D eigenvalue weighted by atomic mass is 10.2. The molecule has 100 valence electrons. The Morgan fingerprint density at radius 3 is 2.42 bits per heavy atom. The first-order valence-corrected chi connectivity index (χ1v) is 5.62. The summed E-state index contributed by atoms with van der Waals surface area (Å²) in [5.41, 5.74) is 0.800. The summed E-state index contributed by atoms with van der Waals surface area (Å²) < 4.78 is 0. The molecule has 0 saturated heterocycles. The number of urea groups is 1. The van der Waals surface area contributed by atoms with E-state index in [1.807, 2.05) is 6.07 Å². The summed E-state index contributed by atoms with van der Waals surface area (Å²) in [5, 5.41) is 17.9. The first-order valence-electron chi connectivity index (χ1n) is 5.62. The molecule has 0 fully saturated rings. The van der Waals surface area contributed by atoms with Crippen LogP contribution in [-0.2, 0) is 4.79 Å². The second kappa shape index (κ2) is 5.87. The van der Waals surface area contributed by atoms with E-state index in [2.05, 4.69) is 0 Å². The number of nitrogens with zero attached hydrogens (tertiary/aromatic N) is 3. The third-order valence-electron chi connectivity index (χ3n) is 2.91. The Balaban J connectivity index is 3.00. The van der Waals surface area contributed by atoms with Gasteiger partial charge in [0.25, 0.3) is 0 Å². The van der Waals surface area contributed by atoms with Crippen molar-refractivity contribution in [2.24, 2.45) is 0 Å². The summed E-state index contributed by atoms with van der Waals surface area (Å²) in [6.45, 7) is 1.42. The van der Waals surface area contributed by atoms with Gasteiger partial charge in [-0.15, -0.1) is 0 Å². The maximum atomic E-state index is 12.1. The Hall–Kier alpha value is -2.55. The van der Waals surface area contributed by atoms with Crippen LogP contribution in [0, 0.1) is 11.3 Å². The highest BCUT2D eigenvalue weighted by Gasteiger charge is 2.25. The average molecular weight is 261 g/mol. The zero-order valence-corrected chi connectivity index (χ0v) is 11.0. The summed E-state index contributed by atoms with van der Waals surface area (Å²) in [6.07, 6.45) is 0. The molecule has 0 aromatic heterocycles. The molecule has 1 unspecified atom stereocenters. The topological polar surface area (TPSA) is 84.6 Å². The Bertz CT molecular complexity index is 536. The average Bonchev–Trinajstić information content (AvgIpc) is 2.43. The molecule has 19 heavy (non-hydrogen) atoms. The summed E-state index contributed by atoms with van der Waals surface area (Å²) in [7, 11) is 2.91. The molecule has 1 rings (SSSR count). The highest BCUT2D eigenvalue weighted by molar-refractivity contribution is 5.94. The van der Waals surface area contributed by atoms with E-state index < -0.39 is 18.0 Å². The number of para-hydroxylation sites is 1. The van der Waals surface area contributed by atoms with Crippen LogP contribution in [0.25, 0.3) is 0 Å². The Kier molecular flexibility index (Phi) is 4.48. The van der Waals surface area contributed by atoms with Gasteiger partial charge in [-0.1, -0.05) is 12.1 Å². The normalized spacial score (nSPS) is 11.3. The lowest BCUT2D eigenvalue weighted by Crippen LogP contribution is -2.46. The molecule has 0 heterocycles. The molecule has 1 aromatic rings. The molecular weight excluding hydrogens is 246 g/mol. The van der Waals surface area contributed by atoms with E-state index >= 15 is 0 Å². The number of likely N-dealkylation sites (N-methyl/N-ethyl adjacent to an activating group) is 1. The molecule has 0 radical (unpaired) electrons. The quantitative estimate of drug-likeness (QED) is 0.893. The van der Waals surface area contributed by atoms with Crippen molar-refractivity contribution < 1.29 is 14.7 Å². The minimum absolute atomic E-state index is 0.356. The minimum atomic E-state index is -1.09. The number of rotatable bonds is 3. The fourth-order valence-electron chi connectivity index (χ4n) is 1.53. The molecule has 0 aliphatic heterocycles. The number of carboxylic acid groups (broad SMARTS) is 1. The molecule has 0 saturated carbocycles. The molecule has 1 atom stereocenters. The van der Waals surface area contributed by atoms with Crippen LogP contribution < -0.4 is 4.90 Å². The van der Waals surface area contributed by atoms with Crippen LogP contribution >= 0.6 is 0 Å². The van der Waals surface area contributed by atoms with Crippen molar-refractivity contribution in [2.45, 2.75) is 13.0 Å². The van der Waals surface area contributed by atoms with Crippen molar-refractivity contribution in [3.8, 4) is 6.07 Å². The standard InChI is InChI=1S/C13H15N3O3/c1-9(12(17)18)15(2)13(19)16(3)11-7-5-4-6-10(11)8-14/h4-7,9H,1-3H3,(H,17,18). The number of benzene rings is 1. The van der Waals surface area contributed by atoms with E-state index in [9.17, 15) is 9.59 Å². The first kappa shape index (κ1) is 14.5. The van der Waals surface area contributed by atoms with E-state index in [0.29, 0.717) is 11.3 Å². The Labute approximate surface area is 111 Å². The number of aliphatic carboxylic acids is 1. The van der Waals surface area contributed by atoms with Crippen molar-refractivity contribution >= 4 is 17.7 Å². The van der Waals surface area contributed by atoms with E-state index in [-0.39, 0.29) is 0 Å². The van der Waals surface area contributed by atoms with Crippen molar-refractivity contribution in [1.82, 2.24) is 4.90 Å². The van der Waals surface area contributed by atoms with Crippen LogP contribution in [0.3, 0.4) is 0 Å². The maximum absolute atomic E-state index is 12.1. The number of amides is 2. The van der Waals surface area contributed by atoms with E-state index in [1.165, 1.54) is 25.9 Å². The fraction of sp³-hybridized carbons (Fsp3) is 0.308. The van der Waals surface area contributed by atoms with Gasteiger partial charge in [0.1, 0.15) is 12.1 Å². The molecule has 0 aliphatic rings. The highest BCUT2D eigenvalue weighted by Crippen LogP contribution is 2.19. The van der Waals surface area contributed by atoms with Gasteiger partial charge in [-0.25, -0.2) is 9.59 Å². The first-order chi connectivity index (χ1) is 8.90. The Morgan fingerprint density at radius 1 is 1.32 bits per heavy atom. The van der Waals surface area contributed by atoms with Crippen LogP contribution in [0.15, 0.2) is 24.3 Å². The van der Waals surface area contributed by atoms with E-state index in [0.717, 1.165) is 4.90 Å². The van der Waals surface area contributed by atoms with Gasteiger partial charge in [0.05, 0.1) is 11.3 Å². The van der Waals surface area contributed by atoms with Crippen LogP contribution in [-0.4, -0.2) is 42.1 Å². The number of hydrogen-bond acceptors (Lipinski definition) is 3. The predicted molar refractivity (Wildman–Crippen MR) is 69.8 cm³/mol. The summed E-state index contributed by atoms with van der Waals surface area (Å²) in [5.74, 6) is -1.09. The van der Waals surface area contributed by atoms with Gasteiger partial charge in [0.2, 0.25) is 0 Å². The van der Waals surface area contributed by atoms with Crippen molar-refractivity contribution in [3.05, 3.63) is 29.8 Å². The maximum Gasteiger partial charge on any atom is 0.326 e. The molecule has 0 spiro atoms. The van der Waals surface area contributed by atoms with Crippen molar-refractivity contribution in [1.29, 1.82) is 5.26 Å². The molecule has 2 amide bonds. The van der Waals surface area contributed by atoms with Crippen molar-refractivity contribution in [2.75, 3.05) is 19.0 Å². The molecule has 1 aromatic carbocycles. The molecule has 6 nitrogen and oxygen atoms in total. The number of carbonyl (C=O) groups excluding carboxylic acids is 1. The van der Waals surface area contributed by atoms with E-state index in [1.54, 1.807) is 24.3 Å². The molecule has 1 N–H and O–H groups in total. The second-order valence-corrected chi connectivity index (χ2v) is 4.10. The number of carboxylic acids is 1. The highest BCUT2D eigenvalue weighted by atomic mass is 16.4. The van der Waals surface area contributed by atoms with Gasteiger partial charge in [-0.3, -0.25) is 4.90 Å².